The van der Waals surface area contributed by atoms with Crippen molar-refractivity contribution in [3.8, 4) is 11.8 Å². The van der Waals surface area contributed by atoms with Gasteiger partial charge in [0, 0.05) is 37.9 Å². The highest BCUT2D eigenvalue weighted by molar-refractivity contribution is 6.32. The monoisotopic (exact) mass is 365 g/mol. The largest absolute Gasteiger partial charge is 0.495 e. The van der Waals surface area contributed by atoms with Crippen LogP contribution in [0.4, 0.5) is 10.1 Å². The number of piperazine rings is 1. The Bertz CT molecular complexity index is 848. The van der Waals surface area contributed by atoms with E-state index in [9.17, 15) is 9.50 Å². The van der Waals surface area contributed by atoms with E-state index in [2.05, 4.69) is 15.9 Å². The van der Waals surface area contributed by atoms with E-state index >= 15 is 0 Å². The van der Waals surface area contributed by atoms with Crippen LogP contribution in [0.25, 0.3) is 0 Å². The molecule has 1 saturated heterocycles. The molecule has 1 heterocycles. The fraction of sp³-hybridized carbons (Fsp3) is 0.350. The molecule has 1 fully saturated rings. The number of ether oxygens (including phenoxy) is 1. The Morgan fingerprint density at radius 1 is 1.22 bits per heavy atom. The Morgan fingerprint density at radius 2 is 1.96 bits per heavy atom. The van der Waals surface area contributed by atoms with Crippen molar-refractivity contribution in [3.05, 3.63) is 53.3 Å². The standard InChI is InChI=1S/C20H21BFN3O2/c1-27-20-11-16(4-2-15(20)12-23)24-6-8-25(9-7-24)19(13-26)14-3-5-17(21)18(22)10-14/h2-5,10-11,19,26H,6-9,13H2,1H3. The Hall–Kier alpha value is -2.56. The maximum atomic E-state index is 13.8. The second-order valence-corrected chi connectivity index (χ2v) is 6.50. The van der Waals surface area contributed by atoms with Gasteiger partial charge in [-0.3, -0.25) is 4.90 Å². The van der Waals surface area contributed by atoms with Crippen molar-refractivity contribution in [1.82, 2.24) is 4.90 Å². The minimum atomic E-state index is -0.464. The van der Waals surface area contributed by atoms with E-state index in [4.69, 9.17) is 17.8 Å². The lowest BCUT2D eigenvalue weighted by Gasteiger charge is -2.40. The van der Waals surface area contributed by atoms with Gasteiger partial charge in [-0.1, -0.05) is 17.6 Å². The Labute approximate surface area is 160 Å². The summed E-state index contributed by atoms with van der Waals surface area (Å²) in [6.07, 6.45) is 0. The molecule has 5 nitrogen and oxygen atoms in total. The molecule has 3 rings (SSSR count). The van der Waals surface area contributed by atoms with Gasteiger partial charge in [0.1, 0.15) is 25.5 Å². The fourth-order valence-corrected chi connectivity index (χ4v) is 3.44. The van der Waals surface area contributed by atoms with Crippen LogP contribution < -0.4 is 15.1 Å². The van der Waals surface area contributed by atoms with Crippen molar-refractivity contribution < 1.29 is 14.2 Å². The zero-order chi connectivity index (χ0) is 19.4. The molecule has 7 heteroatoms. The van der Waals surface area contributed by atoms with Crippen molar-refractivity contribution >= 4 is 19.0 Å². The average molecular weight is 365 g/mol. The minimum Gasteiger partial charge on any atom is -0.495 e. The van der Waals surface area contributed by atoms with Gasteiger partial charge in [0.15, 0.2) is 0 Å². The summed E-state index contributed by atoms with van der Waals surface area (Å²) in [5.74, 6) is 0.0947. The summed E-state index contributed by atoms with van der Waals surface area (Å²) < 4.78 is 19.1. The van der Waals surface area contributed by atoms with Crippen molar-refractivity contribution in [2.45, 2.75) is 6.04 Å². The number of methoxy groups -OCH3 is 1. The first-order chi connectivity index (χ1) is 13.1. The van der Waals surface area contributed by atoms with E-state index in [0.717, 1.165) is 37.4 Å². The van der Waals surface area contributed by atoms with Crippen molar-refractivity contribution in [2.75, 3.05) is 44.8 Å². The molecule has 1 unspecified atom stereocenters. The fourth-order valence-electron chi connectivity index (χ4n) is 3.44. The zero-order valence-corrected chi connectivity index (χ0v) is 15.2. The number of aliphatic hydroxyl groups excluding tert-OH is 1. The zero-order valence-electron chi connectivity index (χ0n) is 15.2. The maximum Gasteiger partial charge on any atom is 0.138 e. The predicted octanol–water partition coefficient (Wildman–Crippen LogP) is 1.36. The first-order valence-corrected chi connectivity index (χ1v) is 8.80. The topological polar surface area (TPSA) is 59.7 Å². The highest BCUT2D eigenvalue weighted by Crippen LogP contribution is 2.28. The van der Waals surface area contributed by atoms with E-state index in [0.29, 0.717) is 11.3 Å². The molecular formula is C20H21BFN3O2. The van der Waals surface area contributed by atoms with Gasteiger partial charge in [-0.15, -0.1) is 0 Å². The SMILES string of the molecule is [B]c1ccc(C(CO)N2CCN(c3ccc(C#N)c(OC)c3)CC2)cc1F. The van der Waals surface area contributed by atoms with Crippen LogP contribution in [-0.4, -0.2) is 57.7 Å². The molecule has 2 aromatic rings. The van der Waals surface area contributed by atoms with E-state index in [-0.39, 0.29) is 18.1 Å². The van der Waals surface area contributed by atoms with Gasteiger partial charge in [0.05, 0.1) is 25.3 Å². The normalized spacial score (nSPS) is 16.0. The Morgan fingerprint density at radius 3 is 2.56 bits per heavy atom. The van der Waals surface area contributed by atoms with Gasteiger partial charge in [-0.05, 0) is 23.8 Å². The van der Waals surface area contributed by atoms with Crippen LogP contribution in [0.5, 0.6) is 5.75 Å². The third-order valence-electron chi connectivity index (χ3n) is 5.01. The van der Waals surface area contributed by atoms with Crippen LogP contribution in [-0.2, 0) is 0 Å². The maximum absolute atomic E-state index is 13.8. The first kappa shape index (κ1) is 19.2. The Kier molecular flexibility index (Phi) is 5.99. The molecule has 0 aromatic heterocycles. The number of nitriles is 1. The summed E-state index contributed by atoms with van der Waals surface area (Å²) >= 11 is 0. The van der Waals surface area contributed by atoms with E-state index < -0.39 is 5.82 Å². The number of anilines is 1. The lowest BCUT2D eigenvalue weighted by atomic mass is 9.92. The molecule has 1 aliphatic heterocycles. The van der Waals surface area contributed by atoms with Crippen molar-refractivity contribution in [2.24, 2.45) is 0 Å². The number of benzene rings is 2. The molecular weight excluding hydrogens is 344 g/mol. The van der Waals surface area contributed by atoms with E-state index in [1.165, 1.54) is 12.1 Å². The highest BCUT2D eigenvalue weighted by atomic mass is 19.1. The van der Waals surface area contributed by atoms with Crippen LogP contribution in [0.3, 0.4) is 0 Å². The van der Waals surface area contributed by atoms with Gasteiger partial charge >= 0.3 is 0 Å². The van der Waals surface area contributed by atoms with Crippen LogP contribution >= 0.6 is 0 Å². The molecule has 0 amide bonds. The second kappa shape index (κ2) is 8.42. The molecule has 0 spiro atoms. The number of aliphatic hydroxyl groups is 1. The average Bonchev–Trinajstić information content (AvgIpc) is 2.71. The molecule has 2 aromatic carbocycles. The molecule has 0 bridgehead atoms. The van der Waals surface area contributed by atoms with Crippen LogP contribution in [0, 0.1) is 17.1 Å². The number of rotatable bonds is 5. The van der Waals surface area contributed by atoms with Gasteiger partial charge in [0.25, 0.3) is 0 Å². The molecule has 0 aliphatic carbocycles. The smallest absolute Gasteiger partial charge is 0.138 e. The lowest BCUT2D eigenvalue weighted by molar-refractivity contribution is 0.117. The quantitative estimate of drug-likeness (QED) is 0.811. The molecule has 27 heavy (non-hydrogen) atoms. The van der Waals surface area contributed by atoms with Crippen LogP contribution in [0.1, 0.15) is 17.2 Å². The van der Waals surface area contributed by atoms with Gasteiger partial charge in [-0.25, -0.2) is 4.39 Å². The molecule has 1 atom stereocenters. The number of hydrogen-bond donors (Lipinski definition) is 1. The first-order valence-electron chi connectivity index (χ1n) is 8.80. The summed E-state index contributed by atoms with van der Waals surface area (Å²) in [6.45, 7) is 2.86. The van der Waals surface area contributed by atoms with Crippen molar-refractivity contribution in [1.29, 1.82) is 5.26 Å². The van der Waals surface area contributed by atoms with Gasteiger partial charge in [0.2, 0.25) is 0 Å². The molecule has 1 N–H and O–H groups in total. The molecule has 1 aliphatic rings. The molecule has 138 valence electrons. The summed E-state index contributed by atoms with van der Waals surface area (Å²) in [5.41, 5.74) is 2.32. The number of hydrogen-bond acceptors (Lipinski definition) is 5. The Balaban J connectivity index is 1.70. The second-order valence-electron chi connectivity index (χ2n) is 6.50. The van der Waals surface area contributed by atoms with E-state index in [1.54, 1.807) is 19.2 Å². The molecule has 2 radical (unpaired) electrons. The lowest BCUT2D eigenvalue weighted by Crippen LogP contribution is -2.48. The third-order valence-corrected chi connectivity index (χ3v) is 5.01. The van der Waals surface area contributed by atoms with Crippen LogP contribution in [0.2, 0.25) is 0 Å². The highest BCUT2D eigenvalue weighted by Gasteiger charge is 2.25. The summed E-state index contributed by atoms with van der Waals surface area (Å²) in [4.78, 5) is 4.35. The predicted molar refractivity (Wildman–Crippen MR) is 103 cm³/mol. The summed E-state index contributed by atoms with van der Waals surface area (Å²) in [6, 6.07) is 12.1. The van der Waals surface area contributed by atoms with E-state index in [1.807, 2.05) is 12.1 Å². The summed E-state index contributed by atoms with van der Waals surface area (Å²) in [5, 5.41) is 19.0. The van der Waals surface area contributed by atoms with Gasteiger partial charge < -0.3 is 14.7 Å². The number of nitrogens with zero attached hydrogens (tertiary/aromatic N) is 3. The van der Waals surface area contributed by atoms with Gasteiger partial charge in [-0.2, -0.15) is 5.26 Å². The van der Waals surface area contributed by atoms with Crippen molar-refractivity contribution in [3.63, 3.8) is 0 Å². The summed E-state index contributed by atoms with van der Waals surface area (Å²) in [7, 11) is 7.10. The minimum absolute atomic E-state index is 0.0892. The third kappa shape index (κ3) is 4.07. The number of halogens is 1. The van der Waals surface area contributed by atoms with Crippen LogP contribution in [0.15, 0.2) is 36.4 Å². The molecule has 0 saturated carbocycles.